The van der Waals surface area contributed by atoms with E-state index in [-0.39, 0.29) is 46.8 Å². The molecule has 0 bridgehead atoms. The molecule has 1 aromatic carbocycles. The van der Waals surface area contributed by atoms with Crippen LogP contribution in [0.5, 0.6) is 0 Å². The van der Waals surface area contributed by atoms with Crippen LogP contribution in [0.4, 0.5) is 5.69 Å². The van der Waals surface area contributed by atoms with E-state index in [1.807, 2.05) is 0 Å². The molecule has 2 aromatic rings. The van der Waals surface area contributed by atoms with Crippen LogP contribution in [0.3, 0.4) is 0 Å². The predicted octanol–water partition coefficient (Wildman–Crippen LogP) is -1.86. The van der Waals surface area contributed by atoms with Crippen molar-refractivity contribution in [3.05, 3.63) is 41.3 Å². The van der Waals surface area contributed by atoms with Gasteiger partial charge in [0.2, 0.25) is 10.0 Å². The van der Waals surface area contributed by atoms with E-state index >= 15 is 0 Å². The zero-order valence-corrected chi connectivity index (χ0v) is 16.9. The molecule has 0 saturated carbocycles. The summed E-state index contributed by atoms with van der Waals surface area (Å²) in [7, 11) is -9.20. The van der Waals surface area contributed by atoms with Crippen molar-refractivity contribution >= 4 is 37.4 Å². The molecule has 0 radical (unpaired) electrons. The molecule has 1 heterocycles. The minimum Gasteiger partial charge on any atom is -0.744 e. The molecule has 0 spiro atoms. The molecular weight excluding hydrogens is 391 g/mol. The van der Waals surface area contributed by atoms with E-state index in [0.29, 0.717) is 18.2 Å². The Morgan fingerprint density at radius 2 is 1.88 bits per heavy atom. The molecule has 0 aliphatic heterocycles. The fourth-order valence-corrected chi connectivity index (χ4v) is 3.71. The number of primary sulfonamides is 1. The second-order valence-electron chi connectivity index (χ2n) is 4.53. The van der Waals surface area contributed by atoms with Crippen LogP contribution in [0.15, 0.2) is 44.7 Å². The van der Waals surface area contributed by atoms with Gasteiger partial charge in [-0.2, -0.15) is 0 Å². The average Bonchev–Trinajstić information content (AvgIpc) is 2.89. The van der Waals surface area contributed by atoms with Crippen molar-refractivity contribution in [1.29, 1.82) is 0 Å². The number of nitrogens with two attached hydrogens (primary N) is 1. The third kappa shape index (κ3) is 5.46. The van der Waals surface area contributed by atoms with Gasteiger partial charge in [-0.1, -0.05) is 11.6 Å². The van der Waals surface area contributed by atoms with Crippen molar-refractivity contribution in [2.45, 2.75) is 16.2 Å². The Morgan fingerprint density at radius 3 is 2.38 bits per heavy atom. The van der Waals surface area contributed by atoms with Gasteiger partial charge in [-0.05, 0) is 24.3 Å². The number of sulfonamides is 1. The first-order chi connectivity index (χ1) is 10.6. The summed E-state index contributed by atoms with van der Waals surface area (Å²) in [6.07, 6.45) is 1.90. The quantitative estimate of drug-likeness (QED) is 0.426. The summed E-state index contributed by atoms with van der Waals surface area (Å²) >= 11 is 5.80. The standard InChI is InChI=1S/C12H13ClN2O6S2.Na/c13-9-6-10(15-4-3-8-2-1-5-21-8)12(23(18,19)20)7-11(9)22(14,16)17;/h1-2,5-7,15H,3-4H2,(H2,14,16,17)(H,18,19,20);/q;+1/p-1. The second kappa shape index (κ2) is 8.19. The number of furan rings is 1. The van der Waals surface area contributed by atoms with Crippen molar-refractivity contribution in [3.8, 4) is 0 Å². The number of hydrogen-bond acceptors (Lipinski definition) is 7. The number of rotatable bonds is 6. The maximum atomic E-state index is 11.4. The Kier molecular flexibility index (Phi) is 7.32. The van der Waals surface area contributed by atoms with Crippen LogP contribution in [0.25, 0.3) is 0 Å². The third-order valence-electron chi connectivity index (χ3n) is 2.88. The van der Waals surface area contributed by atoms with Crippen molar-refractivity contribution in [2.24, 2.45) is 5.14 Å². The van der Waals surface area contributed by atoms with E-state index in [2.05, 4.69) is 5.32 Å². The molecule has 8 nitrogen and oxygen atoms in total. The Bertz CT molecular complexity index is 913. The Morgan fingerprint density at radius 1 is 1.21 bits per heavy atom. The van der Waals surface area contributed by atoms with Gasteiger partial charge in [0, 0.05) is 13.0 Å². The Balaban J connectivity index is 0.00000288. The maximum absolute atomic E-state index is 11.4. The minimum absolute atomic E-state index is 0. The zero-order valence-electron chi connectivity index (χ0n) is 12.5. The first-order valence-corrected chi connectivity index (χ1v) is 9.51. The van der Waals surface area contributed by atoms with Gasteiger partial charge in [-0.3, -0.25) is 0 Å². The van der Waals surface area contributed by atoms with E-state index in [0.717, 1.165) is 6.07 Å². The van der Waals surface area contributed by atoms with E-state index in [9.17, 15) is 21.4 Å². The molecule has 24 heavy (non-hydrogen) atoms. The van der Waals surface area contributed by atoms with Crippen molar-refractivity contribution in [1.82, 2.24) is 0 Å². The number of halogens is 1. The summed E-state index contributed by atoms with van der Waals surface area (Å²) in [6.45, 7) is 0.237. The fourth-order valence-electron chi connectivity index (χ4n) is 1.87. The van der Waals surface area contributed by atoms with Gasteiger partial charge in [0.25, 0.3) is 0 Å². The monoisotopic (exact) mass is 402 g/mol. The molecule has 0 amide bonds. The summed E-state index contributed by atoms with van der Waals surface area (Å²) in [4.78, 5) is -1.38. The first-order valence-electron chi connectivity index (χ1n) is 6.17. The average molecular weight is 403 g/mol. The van der Waals surface area contributed by atoms with E-state index < -0.39 is 29.9 Å². The minimum atomic E-state index is -4.93. The molecule has 0 unspecified atom stereocenters. The number of anilines is 1. The molecular formula is C12H12ClN2NaO6S2. The predicted molar refractivity (Wildman–Crippen MR) is 81.7 cm³/mol. The molecule has 2 rings (SSSR count). The van der Waals surface area contributed by atoms with Crippen LogP contribution in [0.2, 0.25) is 5.02 Å². The van der Waals surface area contributed by atoms with Crippen LogP contribution in [0.1, 0.15) is 5.76 Å². The zero-order chi connectivity index (χ0) is 17.3. The van der Waals surface area contributed by atoms with Gasteiger partial charge >= 0.3 is 29.6 Å². The van der Waals surface area contributed by atoms with Gasteiger partial charge < -0.3 is 14.3 Å². The smallest absolute Gasteiger partial charge is 0.744 e. The summed E-state index contributed by atoms with van der Waals surface area (Å²) in [5.41, 5.74) is -0.107. The third-order valence-corrected chi connectivity index (χ3v) is 5.13. The van der Waals surface area contributed by atoms with E-state index in [1.54, 1.807) is 12.1 Å². The molecule has 12 heteroatoms. The maximum Gasteiger partial charge on any atom is 1.00 e. The first kappa shape index (κ1) is 21.5. The van der Waals surface area contributed by atoms with Gasteiger partial charge in [-0.25, -0.2) is 22.0 Å². The SMILES string of the molecule is NS(=O)(=O)c1cc(S(=O)(=O)[O-])c(NCCc2ccco2)cc1Cl.[Na+]. The second-order valence-corrected chi connectivity index (χ2v) is 7.82. The van der Waals surface area contributed by atoms with Crippen molar-refractivity contribution in [3.63, 3.8) is 0 Å². The molecule has 3 N–H and O–H groups in total. The summed E-state index contributed by atoms with van der Waals surface area (Å²) in [6, 6.07) is 5.11. The van der Waals surface area contributed by atoms with Crippen LogP contribution < -0.4 is 40.0 Å². The normalized spacial score (nSPS) is 11.8. The van der Waals surface area contributed by atoms with E-state index in [1.165, 1.54) is 6.26 Å². The van der Waals surface area contributed by atoms with Crippen LogP contribution in [0, 0.1) is 0 Å². The van der Waals surface area contributed by atoms with Crippen molar-refractivity contribution in [2.75, 3.05) is 11.9 Å². The van der Waals surface area contributed by atoms with Gasteiger partial charge in [-0.15, -0.1) is 0 Å². The fraction of sp³-hybridized carbons (Fsp3) is 0.167. The molecule has 126 valence electrons. The van der Waals surface area contributed by atoms with Crippen LogP contribution in [-0.4, -0.2) is 27.9 Å². The molecule has 0 aliphatic carbocycles. The summed E-state index contributed by atoms with van der Waals surface area (Å²) in [5, 5.41) is 7.37. The largest absolute Gasteiger partial charge is 1.00 e. The molecule has 0 aliphatic rings. The molecule has 0 saturated heterocycles. The van der Waals surface area contributed by atoms with Crippen LogP contribution >= 0.6 is 11.6 Å². The summed E-state index contributed by atoms with van der Waals surface area (Å²) < 4.78 is 61.9. The van der Waals surface area contributed by atoms with Gasteiger partial charge in [0.05, 0.1) is 21.9 Å². The van der Waals surface area contributed by atoms with Gasteiger partial charge in [0.1, 0.15) is 20.8 Å². The molecule has 0 atom stereocenters. The molecule has 0 fully saturated rings. The number of hydrogen-bond donors (Lipinski definition) is 2. The molecule has 1 aromatic heterocycles. The Labute approximate surface area is 166 Å². The van der Waals surface area contributed by atoms with Crippen LogP contribution in [-0.2, 0) is 26.6 Å². The van der Waals surface area contributed by atoms with E-state index in [4.69, 9.17) is 21.2 Å². The Hall–Kier alpha value is -0.590. The van der Waals surface area contributed by atoms with Gasteiger partial charge in [0.15, 0.2) is 0 Å². The topological polar surface area (TPSA) is 143 Å². The number of benzene rings is 1. The number of nitrogens with one attached hydrogen (secondary N) is 1. The van der Waals surface area contributed by atoms with Crippen molar-refractivity contribution < 1.29 is 55.4 Å². The summed E-state index contributed by atoms with van der Waals surface area (Å²) in [5.74, 6) is 0.649.